The third-order valence-corrected chi connectivity index (χ3v) is 4.70. The summed E-state index contributed by atoms with van der Waals surface area (Å²) in [5, 5.41) is 2.46. The number of hydrogen-bond donors (Lipinski definition) is 3. The highest BCUT2D eigenvalue weighted by molar-refractivity contribution is 7.89. The van der Waals surface area contributed by atoms with Crippen LogP contribution >= 0.6 is 12.4 Å². The topological polar surface area (TPSA) is 101 Å². The fourth-order valence-electron chi connectivity index (χ4n) is 1.86. The maximum Gasteiger partial charge on any atom is 0.417 e. The molecule has 0 aliphatic carbocycles. The molecule has 0 spiro atoms. The molecule has 0 radical (unpaired) electrons. The van der Waals surface area contributed by atoms with E-state index in [4.69, 9.17) is 5.73 Å². The molecule has 1 aromatic rings. The molecule has 0 aliphatic heterocycles. The number of nitrogens with one attached hydrogen (secondary N) is 2. The van der Waals surface area contributed by atoms with Crippen molar-refractivity contribution in [1.82, 2.24) is 10.0 Å². The minimum absolute atomic E-state index is 0. The summed E-state index contributed by atoms with van der Waals surface area (Å²) in [4.78, 5) is 10.9. The number of amides is 1. The van der Waals surface area contributed by atoms with Crippen molar-refractivity contribution in [3.63, 3.8) is 0 Å². The Morgan fingerprint density at radius 3 is 2.32 bits per heavy atom. The van der Waals surface area contributed by atoms with Crippen LogP contribution < -0.4 is 15.8 Å². The van der Waals surface area contributed by atoms with Crippen LogP contribution in [0.4, 0.5) is 13.2 Å². The van der Waals surface area contributed by atoms with E-state index in [1.54, 1.807) is 6.92 Å². The Labute approximate surface area is 150 Å². The van der Waals surface area contributed by atoms with Crippen molar-refractivity contribution in [2.24, 2.45) is 5.73 Å². The molecule has 6 nitrogen and oxygen atoms in total. The lowest BCUT2D eigenvalue weighted by molar-refractivity contribution is -0.139. The van der Waals surface area contributed by atoms with Gasteiger partial charge in [0.15, 0.2) is 0 Å². The number of benzene rings is 1. The maximum absolute atomic E-state index is 12.9. The van der Waals surface area contributed by atoms with Crippen LogP contribution in [-0.2, 0) is 21.0 Å². The average molecular weight is 404 g/mol. The van der Waals surface area contributed by atoms with Gasteiger partial charge < -0.3 is 11.1 Å². The molecular weight excluding hydrogens is 383 g/mol. The van der Waals surface area contributed by atoms with Crippen molar-refractivity contribution in [1.29, 1.82) is 0 Å². The molecule has 2 unspecified atom stereocenters. The molecule has 1 rings (SSSR count). The van der Waals surface area contributed by atoms with E-state index < -0.39 is 38.6 Å². The highest BCUT2D eigenvalue weighted by Crippen LogP contribution is 2.33. The molecule has 1 aromatic carbocycles. The number of alkyl halides is 3. The number of carbonyl (C=O) groups excluding carboxylic acids is 1. The molecule has 11 heteroatoms. The largest absolute Gasteiger partial charge is 0.417 e. The SMILES string of the molecule is CC(N)CCNC(=O)C(C)NS(=O)(=O)c1ccccc1C(F)(F)F.Cl. The first kappa shape index (κ1) is 23.6. The zero-order valence-electron chi connectivity index (χ0n) is 13.6. The van der Waals surface area contributed by atoms with Crippen molar-refractivity contribution < 1.29 is 26.4 Å². The van der Waals surface area contributed by atoms with E-state index in [9.17, 15) is 26.4 Å². The summed E-state index contributed by atoms with van der Waals surface area (Å²) in [6, 6.07) is 2.40. The maximum atomic E-state index is 12.9. The lowest BCUT2D eigenvalue weighted by Crippen LogP contribution is -2.45. The van der Waals surface area contributed by atoms with Crippen LogP contribution in [0.2, 0.25) is 0 Å². The zero-order chi connectivity index (χ0) is 18.5. The van der Waals surface area contributed by atoms with E-state index in [-0.39, 0.29) is 25.0 Å². The number of rotatable bonds is 7. The lowest BCUT2D eigenvalue weighted by Gasteiger charge is -2.17. The second-order valence-corrected chi connectivity index (χ2v) is 7.08. The van der Waals surface area contributed by atoms with Gasteiger partial charge in [-0.2, -0.15) is 17.9 Å². The molecule has 0 fully saturated rings. The Hall–Kier alpha value is -1.36. The number of carbonyl (C=O) groups is 1. The standard InChI is InChI=1S/C14H20F3N3O3S.ClH/c1-9(18)7-8-19-13(21)10(2)20-24(22,23)12-6-4-3-5-11(12)14(15,16)17;/h3-6,9-10,20H,7-8,18H2,1-2H3,(H,19,21);1H. The van der Waals surface area contributed by atoms with Crippen molar-refractivity contribution in [3.8, 4) is 0 Å². The average Bonchev–Trinajstić information content (AvgIpc) is 2.45. The smallest absolute Gasteiger partial charge is 0.355 e. The molecule has 1 amide bonds. The van der Waals surface area contributed by atoms with Gasteiger partial charge in [0.25, 0.3) is 0 Å². The van der Waals surface area contributed by atoms with E-state index in [0.717, 1.165) is 12.1 Å². The minimum atomic E-state index is -4.83. The van der Waals surface area contributed by atoms with Crippen molar-refractivity contribution in [2.45, 2.75) is 43.4 Å². The van der Waals surface area contributed by atoms with Crippen LogP contribution in [0, 0.1) is 0 Å². The Morgan fingerprint density at radius 1 is 1.24 bits per heavy atom. The normalized spacial score (nSPS) is 14.3. The van der Waals surface area contributed by atoms with Crippen LogP contribution in [0.15, 0.2) is 29.2 Å². The van der Waals surface area contributed by atoms with E-state index in [1.807, 2.05) is 4.72 Å². The highest BCUT2D eigenvalue weighted by Gasteiger charge is 2.37. The monoisotopic (exact) mass is 403 g/mol. The molecular formula is C14H21ClF3N3O3S. The van der Waals surface area contributed by atoms with Gasteiger partial charge in [-0.25, -0.2) is 8.42 Å². The first-order valence-electron chi connectivity index (χ1n) is 7.17. The van der Waals surface area contributed by atoms with Gasteiger partial charge >= 0.3 is 6.18 Å². The molecule has 0 heterocycles. The molecule has 0 saturated carbocycles. The second-order valence-electron chi connectivity index (χ2n) is 5.39. The molecule has 2 atom stereocenters. The Kier molecular flexibility index (Phi) is 8.86. The fourth-order valence-corrected chi connectivity index (χ4v) is 3.29. The minimum Gasteiger partial charge on any atom is -0.355 e. The molecule has 25 heavy (non-hydrogen) atoms. The van der Waals surface area contributed by atoms with Crippen molar-refractivity contribution in [3.05, 3.63) is 29.8 Å². The van der Waals surface area contributed by atoms with Crippen molar-refractivity contribution in [2.75, 3.05) is 6.54 Å². The number of halogens is 4. The molecule has 4 N–H and O–H groups in total. The Balaban J connectivity index is 0.00000576. The molecule has 0 bridgehead atoms. The van der Waals surface area contributed by atoms with Crippen LogP contribution in [0.5, 0.6) is 0 Å². The molecule has 144 valence electrons. The van der Waals surface area contributed by atoms with Gasteiger partial charge in [0.1, 0.15) is 0 Å². The first-order valence-corrected chi connectivity index (χ1v) is 8.65. The number of nitrogens with two attached hydrogens (primary N) is 1. The van der Waals surface area contributed by atoms with Crippen LogP contribution in [0.25, 0.3) is 0 Å². The van der Waals surface area contributed by atoms with Gasteiger partial charge in [-0.3, -0.25) is 4.79 Å². The van der Waals surface area contributed by atoms with Gasteiger partial charge in [-0.1, -0.05) is 12.1 Å². The Bertz CT molecular complexity index is 681. The third-order valence-electron chi connectivity index (χ3n) is 3.11. The second kappa shape index (κ2) is 9.37. The van der Waals surface area contributed by atoms with Gasteiger partial charge in [0.05, 0.1) is 16.5 Å². The number of hydrogen-bond acceptors (Lipinski definition) is 4. The summed E-state index contributed by atoms with van der Waals surface area (Å²) in [5.41, 5.74) is 4.23. The molecule has 0 saturated heterocycles. The summed E-state index contributed by atoms with van der Waals surface area (Å²) in [6.45, 7) is 3.23. The summed E-state index contributed by atoms with van der Waals surface area (Å²) >= 11 is 0. The summed E-state index contributed by atoms with van der Waals surface area (Å²) in [7, 11) is -4.52. The summed E-state index contributed by atoms with van der Waals surface area (Å²) in [5.74, 6) is -0.649. The predicted molar refractivity (Wildman–Crippen MR) is 89.8 cm³/mol. The van der Waals surface area contributed by atoms with Crippen molar-refractivity contribution >= 4 is 28.3 Å². The molecule has 0 aromatic heterocycles. The van der Waals surface area contributed by atoms with E-state index >= 15 is 0 Å². The third kappa shape index (κ3) is 7.18. The lowest BCUT2D eigenvalue weighted by atomic mass is 10.2. The Morgan fingerprint density at radius 2 is 1.80 bits per heavy atom. The highest BCUT2D eigenvalue weighted by atomic mass is 35.5. The predicted octanol–water partition coefficient (Wildman–Crippen LogP) is 1.65. The van der Waals surface area contributed by atoms with Gasteiger partial charge in [-0.15, -0.1) is 12.4 Å². The number of sulfonamides is 1. The van der Waals surface area contributed by atoms with Crippen LogP contribution in [-0.4, -0.2) is 33.0 Å². The van der Waals surface area contributed by atoms with Crippen LogP contribution in [0.1, 0.15) is 25.8 Å². The zero-order valence-corrected chi connectivity index (χ0v) is 15.3. The fraction of sp³-hybridized carbons (Fsp3) is 0.500. The molecule has 0 aliphatic rings. The van der Waals surface area contributed by atoms with E-state index in [1.165, 1.54) is 13.0 Å². The van der Waals surface area contributed by atoms with E-state index in [2.05, 4.69) is 5.32 Å². The van der Waals surface area contributed by atoms with Gasteiger partial charge in [0, 0.05) is 12.6 Å². The first-order chi connectivity index (χ1) is 10.9. The van der Waals surface area contributed by atoms with Crippen LogP contribution in [0.3, 0.4) is 0 Å². The quantitative estimate of drug-likeness (QED) is 0.644. The van der Waals surface area contributed by atoms with Gasteiger partial charge in [0.2, 0.25) is 15.9 Å². The van der Waals surface area contributed by atoms with Gasteiger partial charge in [-0.05, 0) is 32.4 Å². The summed E-state index contributed by atoms with van der Waals surface area (Å²) in [6.07, 6.45) is -4.34. The summed E-state index contributed by atoms with van der Waals surface area (Å²) < 4.78 is 65.1. The van der Waals surface area contributed by atoms with E-state index in [0.29, 0.717) is 12.5 Å².